The first-order valence-electron chi connectivity index (χ1n) is 8.18. The Morgan fingerprint density at radius 3 is 2.75 bits per heavy atom. The summed E-state index contributed by atoms with van der Waals surface area (Å²) in [6.45, 7) is 0. The van der Waals surface area contributed by atoms with Gasteiger partial charge in [-0.15, -0.1) is 21.5 Å². The van der Waals surface area contributed by atoms with E-state index in [1.165, 1.54) is 16.8 Å². The maximum atomic E-state index is 12.7. The van der Waals surface area contributed by atoms with Gasteiger partial charge in [0.05, 0.1) is 17.7 Å². The highest BCUT2D eigenvalue weighted by Gasteiger charge is 2.19. The van der Waals surface area contributed by atoms with Gasteiger partial charge in [-0.1, -0.05) is 17.7 Å². The summed E-state index contributed by atoms with van der Waals surface area (Å²) >= 11 is 7.27. The summed E-state index contributed by atoms with van der Waals surface area (Å²) in [5, 5.41) is 10.1. The number of methoxy groups -OCH3 is 1. The minimum atomic E-state index is -3.53. The van der Waals surface area contributed by atoms with Gasteiger partial charge in [-0.05, 0) is 41.8 Å². The molecule has 0 unspecified atom stereocenters. The van der Waals surface area contributed by atoms with Gasteiger partial charge < -0.3 is 4.74 Å². The molecule has 0 spiro atoms. The molecule has 28 heavy (non-hydrogen) atoms. The number of ether oxygens (including phenoxy) is 1. The number of fused-ring (bicyclic) bond motifs is 1. The van der Waals surface area contributed by atoms with Crippen molar-refractivity contribution >= 4 is 43.5 Å². The summed E-state index contributed by atoms with van der Waals surface area (Å²) < 4.78 is 30.9. The van der Waals surface area contributed by atoms with Crippen molar-refractivity contribution in [1.82, 2.24) is 15.2 Å². The third-order valence-corrected chi connectivity index (χ3v) is 6.97. The maximum Gasteiger partial charge on any atom is 0.184 e. The molecule has 0 radical (unpaired) electrons. The van der Waals surface area contributed by atoms with Crippen molar-refractivity contribution < 1.29 is 13.2 Å². The fourth-order valence-electron chi connectivity index (χ4n) is 2.93. The molecule has 9 heteroatoms. The fraction of sp³-hybridized carbons (Fsp3) is 0.105. The minimum Gasteiger partial charge on any atom is -0.496 e. The van der Waals surface area contributed by atoms with Gasteiger partial charge in [0.25, 0.3) is 0 Å². The van der Waals surface area contributed by atoms with E-state index < -0.39 is 9.84 Å². The predicted octanol–water partition coefficient (Wildman–Crippen LogP) is 4.39. The van der Waals surface area contributed by atoms with Gasteiger partial charge in [-0.2, -0.15) is 0 Å². The minimum absolute atomic E-state index is 0.174. The van der Waals surface area contributed by atoms with E-state index in [1.807, 2.05) is 6.07 Å². The molecule has 0 amide bonds. The van der Waals surface area contributed by atoms with Crippen molar-refractivity contribution in [3.8, 4) is 17.0 Å². The average Bonchev–Trinajstić information content (AvgIpc) is 3.19. The molecule has 142 valence electrons. The van der Waals surface area contributed by atoms with Gasteiger partial charge in [0.15, 0.2) is 9.84 Å². The van der Waals surface area contributed by atoms with Crippen molar-refractivity contribution in [3.05, 3.63) is 64.2 Å². The fourth-order valence-corrected chi connectivity index (χ4v) is 5.27. The molecular formula is C19H14ClN3O3S2. The Kier molecular flexibility index (Phi) is 5.01. The SMILES string of the molecule is COc1cc(Cl)ccc1-c1nccc2cc(S(=O)(=O)Cc3nncs3)ccc12. The van der Waals surface area contributed by atoms with Crippen LogP contribution in [0.2, 0.25) is 5.02 Å². The van der Waals surface area contributed by atoms with Crippen LogP contribution in [0.25, 0.3) is 22.0 Å². The quantitative estimate of drug-likeness (QED) is 0.466. The molecule has 0 fully saturated rings. The van der Waals surface area contributed by atoms with Crippen LogP contribution < -0.4 is 4.74 Å². The molecular weight excluding hydrogens is 418 g/mol. The largest absolute Gasteiger partial charge is 0.496 e. The smallest absolute Gasteiger partial charge is 0.184 e. The van der Waals surface area contributed by atoms with E-state index in [4.69, 9.17) is 16.3 Å². The number of halogens is 1. The zero-order valence-electron chi connectivity index (χ0n) is 14.7. The van der Waals surface area contributed by atoms with Crippen LogP contribution in [-0.2, 0) is 15.6 Å². The van der Waals surface area contributed by atoms with Crippen LogP contribution >= 0.6 is 22.9 Å². The second-order valence-corrected chi connectivity index (χ2v) is 9.32. The number of nitrogens with zero attached hydrogens (tertiary/aromatic N) is 3. The Hall–Kier alpha value is -2.55. The Labute approximate surface area is 170 Å². The monoisotopic (exact) mass is 431 g/mol. The van der Waals surface area contributed by atoms with Gasteiger partial charge in [-0.3, -0.25) is 4.98 Å². The number of hydrogen-bond acceptors (Lipinski definition) is 7. The molecule has 0 saturated heterocycles. The van der Waals surface area contributed by atoms with Crippen molar-refractivity contribution in [3.63, 3.8) is 0 Å². The number of hydrogen-bond donors (Lipinski definition) is 0. The first-order chi connectivity index (χ1) is 13.5. The zero-order valence-corrected chi connectivity index (χ0v) is 17.1. The van der Waals surface area contributed by atoms with Crippen molar-refractivity contribution in [2.45, 2.75) is 10.6 Å². The molecule has 0 N–H and O–H groups in total. The molecule has 2 aromatic heterocycles. The van der Waals surface area contributed by atoms with Crippen molar-refractivity contribution in [2.75, 3.05) is 7.11 Å². The lowest BCUT2D eigenvalue weighted by atomic mass is 10.0. The van der Waals surface area contributed by atoms with Crippen LogP contribution in [0.5, 0.6) is 5.75 Å². The summed E-state index contributed by atoms with van der Waals surface area (Å²) in [5.74, 6) is 0.423. The summed E-state index contributed by atoms with van der Waals surface area (Å²) in [6.07, 6.45) is 1.65. The standard InChI is InChI=1S/C19H14ClN3O3S2/c1-26-17-9-13(20)2-4-16(17)19-15-5-3-14(8-12(15)6-7-21-19)28(24,25)10-18-23-22-11-27-18/h2-9,11H,10H2,1H3. The lowest BCUT2D eigenvalue weighted by molar-refractivity contribution is 0.416. The number of aromatic nitrogens is 3. The summed E-state index contributed by atoms with van der Waals surface area (Å²) in [7, 11) is -1.96. The molecule has 0 saturated carbocycles. The molecule has 2 aromatic carbocycles. The highest BCUT2D eigenvalue weighted by molar-refractivity contribution is 7.90. The van der Waals surface area contributed by atoms with E-state index in [0.29, 0.717) is 21.5 Å². The molecule has 6 nitrogen and oxygen atoms in total. The summed E-state index contributed by atoms with van der Waals surface area (Å²) in [4.78, 5) is 4.71. The highest BCUT2D eigenvalue weighted by atomic mass is 35.5. The predicted molar refractivity (Wildman–Crippen MR) is 110 cm³/mol. The summed E-state index contributed by atoms with van der Waals surface area (Å²) in [5.41, 5.74) is 2.99. The van der Waals surface area contributed by atoms with Crippen LogP contribution in [0.4, 0.5) is 0 Å². The van der Waals surface area contributed by atoms with Gasteiger partial charge >= 0.3 is 0 Å². The lowest BCUT2D eigenvalue weighted by Gasteiger charge is -2.12. The van der Waals surface area contributed by atoms with Crippen molar-refractivity contribution in [2.24, 2.45) is 0 Å². The van der Waals surface area contributed by atoms with Crippen LogP contribution in [0.1, 0.15) is 5.01 Å². The number of pyridine rings is 1. The zero-order chi connectivity index (χ0) is 19.7. The van der Waals surface area contributed by atoms with E-state index in [-0.39, 0.29) is 10.6 Å². The third kappa shape index (κ3) is 3.58. The van der Waals surface area contributed by atoms with E-state index in [1.54, 1.807) is 49.7 Å². The normalized spacial score (nSPS) is 11.6. The molecule has 0 aliphatic carbocycles. The number of sulfone groups is 1. The second kappa shape index (κ2) is 7.46. The van der Waals surface area contributed by atoms with E-state index >= 15 is 0 Å². The molecule has 2 heterocycles. The Morgan fingerprint density at radius 1 is 1.14 bits per heavy atom. The first-order valence-corrected chi connectivity index (χ1v) is 11.1. The average molecular weight is 432 g/mol. The number of rotatable bonds is 5. The second-order valence-electron chi connectivity index (χ2n) is 5.98. The van der Waals surface area contributed by atoms with Crippen molar-refractivity contribution in [1.29, 1.82) is 0 Å². The van der Waals surface area contributed by atoms with Gasteiger partial charge in [0.2, 0.25) is 0 Å². The molecule has 0 atom stereocenters. The topological polar surface area (TPSA) is 82.0 Å². The Bertz CT molecular complexity index is 1260. The molecule has 4 aromatic rings. The van der Waals surface area contributed by atoms with E-state index in [9.17, 15) is 8.42 Å². The lowest BCUT2D eigenvalue weighted by Crippen LogP contribution is -2.05. The third-order valence-electron chi connectivity index (χ3n) is 4.23. The van der Waals surface area contributed by atoms with Crippen LogP contribution in [0.15, 0.2) is 59.1 Å². The van der Waals surface area contributed by atoms with Gasteiger partial charge in [0, 0.05) is 22.2 Å². The van der Waals surface area contributed by atoms with Crippen LogP contribution in [-0.4, -0.2) is 30.7 Å². The van der Waals surface area contributed by atoms with Crippen LogP contribution in [0.3, 0.4) is 0 Å². The molecule has 4 rings (SSSR count). The number of benzene rings is 2. The summed E-state index contributed by atoms with van der Waals surface area (Å²) in [6, 6.07) is 12.1. The Morgan fingerprint density at radius 2 is 2.00 bits per heavy atom. The molecule has 0 aliphatic heterocycles. The van der Waals surface area contributed by atoms with Gasteiger partial charge in [0.1, 0.15) is 22.0 Å². The van der Waals surface area contributed by atoms with Gasteiger partial charge in [-0.25, -0.2) is 8.42 Å². The highest BCUT2D eigenvalue weighted by Crippen LogP contribution is 2.36. The Balaban J connectivity index is 1.81. The molecule has 0 bridgehead atoms. The van der Waals surface area contributed by atoms with Crippen LogP contribution in [0, 0.1) is 0 Å². The van der Waals surface area contributed by atoms with E-state index in [0.717, 1.165) is 16.3 Å². The maximum absolute atomic E-state index is 12.7. The van der Waals surface area contributed by atoms with E-state index in [2.05, 4.69) is 15.2 Å². The first kappa shape index (κ1) is 18.8. The molecule has 0 aliphatic rings.